The lowest BCUT2D eigenvalue weighted by Crippen LogP contribution is -2.34. The third-order valence-electron chi connectivity index (χ3n) is 2.81. The lowest BCUT2D eigenvalue weighted by Gasteiger charge is -2.23. The summed E-state index contributed by atoms with van der Waals surface area (Å²) in [7, 11) is 0. The van der Waals surface area contributed by atoms with Crippen LogP contribution in [0.25, 0.3) is 0 Å². The molecule has 0 unspecified atom stereocenters. The maximum atomic E-state index is 12.0. The van der Waals surface area contributed by atoms with Gasteiger partial charge in [-0.1, -0.05) is 36.7 Å². The van der Waals surface area contributed by atoms with Crippen LogP contribution >= 0.6 is 15.9 Å². The number of furan rings is 1. The summed E-state index contributed by atoms with van der Waals surface area (Å²) in [5.74, 6) is 0.707. The van der Waals surface area contributed by atoms with Crippen molar-refractivity contribution >= 4 is 21.8 Å². The van der Waals surface area contributed by atoms with Crippen LogP contribution in [0.3, 0.4) is 0 Å². The molecular weight excluding hydrogens is 282 g/mol. The normalized spacial score (nSPS) is 11.5. The molecule has 1 aromatic rings. The van der Waals surface area contributed by atoms with Gasteiger partial charge in [0.25, 0.3) is 5.91 Å². The molecule has 0 fully saturated rings. The minimum atomic E-state index is -0.0433. The summed E-state index contributed by atoms with van der Waals surface area (Å²) >= 11 is 3.43. The Bertz CT molecular complexity index is 371. The van der Waals surface area contributed by atoms with Crippen molar-refractivity contribution in [1.29, 1.82) is 0 Å². The van der Waals surface area contributed by atoms with Gasteiger partial charge in [0.1, 0.15) is 5.76 Å². The van der Waals surface area contributed by atoms with E-state index in [1.165, 1.54) is 0 Å². The van der Waals surface area contributed by atoms with E-state index in [0.717, 1.165) is 23.9 Å². The molecule has 0 saturated heterocycles. The predicted molar refractivity (Wildman–Crippen MR) is 72.6 cm³/mol. The molecule has 1 N–H and O–H groups in total. The number of nitrogens with one attached hydrogen (secondary N) is 1. The number of carbonyl (C=O) groups is 1. The smallest absolute Gasteiger partial charge is 0.254 e. The fourth-order valence-electron chi connectivity index (χ4n) is 1.58. The van der Waals surface area contributed by atoms with E-state index < -0.39 is 0 Å². The first-order valence-electron chi connectivity index (χ1n) is 5.90. The Kier molecular flexibility index (Phi) is 5.25. The second kappa shape index (κ2) is 6.24. The molecule has 1 rings (SSSR count). The van der Waals surface area contributed by atoms with Crippen molar-refractivity contribution in [1.82, 2.24) is 5.32 Å². The van der Waals surface area contributed by atoms with Gasteiger partial charge in [-0.2, -0.15) is 0 Å². The summed E-state index contributed by atoms with van der Waals surface area (Å²) in [5.41, 5.74) is 0.761. The number of halogens is 1. The summed E-state index contributed by atoms with van der Waals surface area (Å²) < 4.78 is 5.25. The van der Waals surface area contributed by atoms with Gasteiger partial charge in [0.05, 0.1) is 11.8 Å². The van der Waals surface area contributed by atoms with E-state index in [1.54, 1.807) is 12.3 Å². The highest BCUT2D eigenvalue weighted by Crippen LogP contribution is 2.20. The first kappa shape index (κ1) is 14.3. The lowest BCUT2D eigenvalue weighted by molar-refractivity contribution is 0.0934. The molecule has 0 aliphatic rings. The SMILES string of the molecule is CCc1occc1C(=O)NCC(C)(C)CCBr. The quantitative estimate of drug-likeness (QED) is 0.819. The molecule has 1 amide bonds. The number of alkyl halides is 1. The molecule has 0 radical (unpaired) electrons. The average molecular weight is 302 g/mol. The molecule has 3 nitrogen and oxygen atoms in total. The van der Waals surface area contributed by atoms with E-state index in [2.05, 4.69) is 35.1 Å². The first-order valence-corrected chi connectivity index (χ1v) is 7.03. The fourth-order valence-corrected chi connectivity index (χ4v) is 2.65. The zero-order chi connectivity index (χ0) is 12.9. The van der Waals surface area contributed by atoms with Gasteiger partial charge in [0.15, 0.2) is 0 Å². The second-order valence-corrected chi connectivity index (χ2v) is 5.69. The summed E-state index contributed by atoms with van der Waals surface area (Å²) in [5, 5.41) is 3.91. The van der Waals surface area contributed by atoms with E-state index in [-0.39, 0.29) is 11.3 Å². The van der Waals surface area contributed by atoms with Crippen molar-refractivity contribution in [3.63, 3.8) is 0 Å². The van der Waals surface area contributed by atoms with Gasteiger partial charge >= 0.3 is 0 Å². The zero-order valence-corrected chi connectivity index (χ0v) is 12.3. The van der Waals surface area contributed by atoms with Crippen LogP contribution in [-0.4, -0.2) is 17.8 Å². The third kappa shape index (κ3) is 4.19. The number of rotatable bonds is 6. The topological polar surface area (TPSA) is 42.2 Å². The zero-order valence-electron chi connectivity index (χ0n) is 10.7. The maximum Gasteiger partial charge on any atom is 0.254 e. The van der Waals surface area contributed by atoms with Crippen molar-refractivity contribution in [2.45, 2.75) is 33.6 Å². The molecule has 1 heterocycles. The Hall–Kier alpha value is -0.770. The minimum Gasteiger partial charge on any atom is -0.469 e. The Labute approximate surface area is 111 Å². The lowest BCUT2D eigenvalue weighted by atomic mass is 9.90. The standard InChI is InChI=1S/C13H20BrNO2/c1-4-11-10(5-8-17-11)12(16)15-9-13(2,3)6-7-14/h5,8H,4,6-7,9H2,1-3H3,(H,15,16). The van der Waals surface area contributed by atoms with Crippen LogP contribution in [-0.2, 0) is 6.42 Å². The van der Waals surface area contributed by atoms with E-state index >= 15 is 0 Å². The van der Waals surface area contributed by atoms with Crippen molar-refractivity contribution < 1.29 is 9.21 Å². The highest BCUT2D eigenvalue weighted by molar-refractivity contribution is 9.09. The largest absolute Gasteiger partial charge is 0.469 e. The molecule has 0 aromatic carbocycles. The Morgan fingerprint density at radius 2 is 2.24 bits per heavy atom. The summed E-state index contributed by atoms with van der Waals surface area (Å²) in [6, 6.07) is 1.73. The molecule has 4 heteroatoms. The van der Waals surface area contributed by atoms with E-state index in [4.69, 9.17) is 4.42 Å². The van der Waals surface area contributed by atoms with Crippen LogP contribution < -0.4 is 5.32 Å². The monoisotopic (exact) mass is 301 g/mol. The molecule has 0 saturated carbocycles. The maximum absolute atomic E-state index is 12.0. The van der Waals surface area contributed by atoms with Gasteiger partial charge in [-0.15, -0.1) is 0 Å². The van der Waals surface area contributed by atoms with Crippen molar-refractivity contribution in [2.75, 3.05) is 11.9 Å². The first-order chi connectivity index (χ1) is 8.00. The highest BCUT2D eigenvalue weighted by atomic mass is 79.9. The molecule has 0 bridgehead atoms. The van der Waals surface area contributed by atoms with Crippen LogP contribution in [0.4, 0.5) is 0 Å². The molecule has 0 aliphatic carbocycles. The van der Waals surface area contributed by atoms with Crippen LogP contribution in [0.5, 0.6) is 0 Å². The van der Waals surface area contributed by atoms with Crippen molar-refractivity contribution in [3.8, 4) is 0 Å². The number of hydrogen-bond acceptors (Lipinski definition) is 2. The second-order valence-electron chi connectivity index (χ2n) is 4.90. The molecular formula is C13H20BrNO2. The summed E-state index contributed by atoms with van der Waals surface area (Å²) in [4.78, 5) is 12.0. The molecule has 17 heavy (non-hydrogen) atoms. The van der Waals surface area contributed by atoms with Crippen molar-refractivity contribution in [2.24, 2.45) is 5.41 Å². The molecule has 0 atom stereocenters. The van der Waals surface area contributed by atoms with Crippen LogP contribution in [0.2, 0.25) is 0 Å². The fraction of sp³-hybridized carbons (Fsp3) is 0.615. The predicted octanol–water partition coefficient (Wildman–Crippen LogP) is 3.38. The Balaban J connectivity index is 2.56. The third-order valence-corrected chi connectivity index (χ3v) is 3.21. The summed E-state index contributed by atoms with van der Waals surface area (Å²) in [6.45, 7) is 6.94. The average Bonchev–Trinajstić information content (AvgIpc) is 2.74. The van der Waals surface area contributed by atoms with E-state index in [9.17, 15) is 4.79 Å². The minimum absolute atomic E-state index is 0.0433. The van der Waals surface area contributed by atoms with Crippen LogP contribution in [0.15, 0.2) is 16.7 Å². The van der Waals surface area contributed by atoms with Crippen LogP contribution in [0, 0.1) is 5.41 Å². The molecule has 0 aliphatic heterocycles. The van der Waals surface area contributed by atoms with Gasteiger partial charge in [0, 0.05) is 18.3 Å². The van der Waals surface area contributed by atoms with Gasteiger partial charge in [-0.05, 0) is 17.9 Å². The van der Waals surface area contributed by atoms with Crippen LogP contribution in [0.1, 0.15) is 43.3 Å². The molecule has 0 spiro atoms. The number of amides is 1. The number of carbonyl (C=O) groups excluding carboxylic acids is 1. The molecule has 96 valence electrons. The Morgan fingerprint density at radius 3 is 2.82 bits per heavy atom. The van der Waals surface area contributed by atoms with Crippen molar-refractivity contribution in [3.05, 3.63) is 23.7 Å². The van der Waals surface area contributed by atoms with Gasteiger partial charge in [0.2, 0.25) is 0 Å². The Morgan fingerprint density at radius 1 is 1.53 bits per heavy atom. The van der Waals surface area contributed by atoms with Gasteiger partial charge in [-0.25, -0.2) is 0 Å². The summed E-state index contributed by atoms with van der Waals surface area (Å²) in [6.07, 6.45) is 3.33. The van der Waals surface area contributed by atoms with Gasteiger partial charge < -0.3 is 9.73 Å². The van der Waals surface area contributed by atoms with E-state index in [1.807, 2.05) is 6.92 Å². The number of aryl methyl sites for hydroxylation is 1. The van der Waals surface area contributed by atoms with E-state index in [0.29, 0.717) is 12.1 Å². The molecule has 1 aromatic heterocycles. The number of hydrogen-bond donors (Lipinski definition) is 1. The van der Waals surface area contributed by atoms with Gasteiger partial charge in [-0.3, -0.25) is 4.79 Å². The highest BCUT2D eigenvalue weighted by Gasteiger charge is 2.20.